The number of nitrogens with zero attached hydrogens (tertiary/aromatic N) is 4. The van der Waals surface area contributed by atoms with Crippen LogP contribution < -0.4 is 0 Å². The summed E-state index contributed by atoms with van der Waals surface area (Å²) in [5.74, 6) is 0.924. The fourth-order valence-electron chi connectivity index (χ4n) is 2.20. The Morgan fingerprint density at radius 2 is 2.22 bits per heavy atom. The molecule has 0 spiro atoms. The van der Waals surface area contributed by atoms with Gasteiger partial charge in [0.25, 0.3) is 0 Å². The number of aryl methyl sites for hydroxylation is 3. The first-order valence-corrected chi connectivity index (χ1v) is 6.30. The summed E-state index contributed by atoms with van der Waals surface area (Å²) in [5.41, 5.74) is 1.75. The van der Waals surface area contributed by atoms with Gasteiger partial charge in [-0.25, -0.2) is 4.98 Å². The second-order valence-corrected chi connectivity index (χ2v) is 4.60. The van der Waals surface area contributed by atoms with Crippen molar-refractivity contribution in [1.29, 1.82) is 0 Å². The van der Waals surface area contributed by atoms with Crippen molar-refractivity contribution in [3.8, 4) is 0 Å². The van der Waals surface area contributed by atoms with E-state index in [0.29, 0.717) is 6.42 Å². The maximum absolute atomic E-state index is 10.3. The Hall–Kier alpha value is -1.62. The van der Waals surface area contributed by atoms with Gasteiger partial charge in [-0.15, -0.1) is 0 Å². The van der Waals surface area contributed by atoms with Crippen molar-refractivity contribution in [3.05, 3.63) is 35.7 Å². The Kier molecular flexibility index (Phi) is 3.81. The van der Waals surface area contributed by atoms with Crippen LogP contribution in [0.1, 0.15) is 36.5 Å². The Labute approximate surface area is 107 Å². The van der Waals surface area contributed by atoms with Crippen LogP contribution in [0.5, 0.6) is 0 Å². The maximum atomic E-state index is 10.3. The van der Waals surface area contributed by atoms with E-state index >= 15 is 0 Å². The summed E-state index contributed by atoms with van der Waals surface area (Å²) in [6.45, 7) is 4.98. The SMILES string of the molecule is CCCn1ccnc1CC(O)c1cn(C)nc1C. The minimum atomic E-state index is -0.545. The van der Waals surface area contributed by atoms with Crippen LogP contribution in [-0.4, -0.2) is 24.4 Å². The number of rotatable bonds is 5. The fraction of sp³-hybridized carbons (Fsp3) is 0.538. The molecule has 0 aliphatic carbocycles. The molecule has 98 valence electrons. The van der Waals surface area contributed by atoms with Crippen molar-refractivity contribution in [2.75, 3.05) is 0 Å². The number of hydrogen-bond donors (Lipinski definition) is 1. The zero-order valence-corrected chi connectivity index (χ0v) is 11.2. The molecule has 0 saturated carbocycles. The van der Waals surface area contributed by atoms with Crippen LogP contribution in [0.25, 0.3) is 0 Å². The Bertz CT molecular complexity index is 515. The summed E-state index contributed by atoms with van der Waals surface area (Å²) in [6.07, 6.45) is 6.66. The third-order valence-corrected chi connectivity index (χ3v) is 3.05. The van der Waals surface area contributed by atoms with E-state index in [-0.39, 0.29) is 0 Å². The second-order valence-electron chi connectivity index (χ2n) is 4.60. The third-order valence-electron chi connectivity index (χ3n) is 3.05. The van der Waals surface area contributed by atoms with Gasteiger partial charge in [-0.05, 0) is 13.3 Å². The summed E-state index contributed by atoms with van der Waals surface area (Å²) >= 11 is 0. The van der Waals surface area contributed by atoms with Gasteiger partial charge in [0, 0.05) is 44.2 Å². The Morgan fingerprint density at radius 1 is 1.44 bits per heavy atom. The molecular weight excluding hydrogens is 228 g/mol. The second kappa shape index (κ2) is 5.35. The maximum Gasteiger partial charge on any atom is 0.111 e. The average Bonchev–Trinajstić information content (AvgIpc) is 2.87. The molecule has 0 bridgehead atoms. The molecule has 0 saturated heterocycles. The molecule has 1 N–H and O–H groups in total. The predicted molar refractivity (Wildman–Crippen MR) is 69.1 cm³/mol. The van der Waals surface area contributed by atoms with Crippen molar-refractivity contribution < 1.29 is 5.11 Å². The molecule has 1 unspecified atom stereocenters. The minimum Gasteiger partial charge on any atom is -0.388 e. The minimum absolute atomic E-state index is 0.527. The fourth-order valence-corrected chi connectivity index (χ4v) is 2.20. The Balaban J connectivity index is 2.13. The van der Waals surface area contributed by atoms with Gasteiger partial charge in [0.2, 0.25) is 0 Å². The lowest BCUT2D eigenvalue weighted by Crippen LogP contribution is -2.09. The number of imidazole rings is 1. The zero-order valence-electron chi connectivity index (χ0n) is 11.2. The van der Waals surface area contributed by atoms with E-state index < -0.39 is 6.10 Å². The van der Waals surface area contributed by atoms with Crippen LogP contribution in [-0.2, 0) is 20.0 Å². The van der Waals surface area contributed by atoms with Crippen LogP contribution in [0, 0.1) is 6.92 Å². The molecule has 0 aliphatic rings. The number of aliphatic hydroxyl groups is 1. The molecule has 0 amide bonds. The van der Waals surface area contributed by atoms with Gasteiger partial charge in [0.15, 0.2) is 0 Å². The summed E-state index contributed by atoms with van der Waals surface area (Å²) in [5, 5.41) is 14.5. The lowest BCUT2D eigenvalue weighted by molar-refractivity contribution is 0.173. The van der Waals surface area contributed by atoms with Crippen molar-refractivity contribution in [1.82, 2.24) is 19.3 Å². The van der Waals surface area contributed by atoms with Crippen LogP contribution in [0.3, 0.4) is 0 Å². The number of hydrogen-bond acceptors (Lipinski definition) is 3. The summed E-state index contributed by atoms with van der Waals surface area (Å²) in [6, 6.07) is 0. The lowest BCUT2D eigenvalue weighted by atomic mass is 10.1. The molecule has 0 aliphatic heterocycles. The van der Waals surface area contributed by atoms with Crippen molar-refractivity contribution in [2.45, 2.75) is 39.3 Å². The molecule has 1 atom stereocenters. The van der Waals surface area contributed by atoms with E-state index in [0.717, 1.165) is 30.0 Å². The standard InChI is InChI=1S/C13H20N4O/c1-4-6-17-7-5-14-13(17)8-12(18)11-9-16(3)15-10(11)2/h5,7,9,12,18H,4,6,8H2,1-3H3. The molecular formula is C13H20N4O. The van der Waals surface area contributed by atoms with Gasteiger partial charge in [0.05, 0.1) is 11.8 Å². The van der Waals surface area contributed by atoms with Crippen molar-refractivity contribution in [2.24, 2.45) is 7.05 Å². The molecule has 5 nitrogen and oxygen atoms in total. The lowest BCUT2D eigenvalue weighted by Gasteiger charge is -2.11. The van der Waals surface area contributed by atoms with E-state index in [2.05, 4.69) is 21.6 Å². The first-order valence-electron chi connectivity index (χ1n) is 6.30. The zero-order chi connectivity index (χ0) is 13.1. The molecule has 0 aromatic carbocycles. The van der Waals surface area contributed by atoms with Gasteiger partial charge in [-0.3, -0.25) is 4.68 Å². The van der Waals surface area contributed by atoms with Gasteiger partial charge >= 0.3 is 0 Å². The van der Waals surface area contributed by atoms with E-state index in [1.807, 2.05) is 26.4 Å². The highest BCUT2D eigenvalue weighted by molar-refractivity contribution is 5.19. The molecule has 2 heterocycles. The van der Waals surface area contributed by atoms with Gasteiger partial charge in [-0.2, -0.15) is 5.10 Å². The topological polar surface area (TPSA) is 55.9 Å². The van der Waals surface area contributed by atoms with Gasteiger partial charge in [-0.1, -0.05) is 6.92 Å². The van der Waals surface area contributed by atoms with Crippen LogP contribution in [0.4, 0.5) is 0 Å². The highest BCUT2D eigenvalue weighted by Gasteiger charge is 2.16. The first kappa shape index (κ1) is 12.8. The van der Waals surface area contributed by atoms with Crippen LogP contribution >= 0.6 is 0 Å². The molecule has 0 radical (unpaired) electrons. The molecule has 2 rings (SSSR count). The highest BCUT2D eigenvalue weighted by Crippen LogP contribution is 2.20. The summed E-state index contributed by atoms with van der Waals surface area (Å²) in [7, 11) is 1.86. The normalized spacial score (nSPS) is 12.9. The quantitative estimate of drug-likeness (QED) is 0.874. The number of aromatic nitrogens is 4. The summed E-state index contributed by atoms with van der Waals surface area (Å²) in [4.78, 5) is 4.31. The molecule has 0 fully saturated rings. The monoisotopic (exact) mass is 248 g/mol. The molecule has 2 aromatic heterocycles. The molecule has 5 heteroatoms. The molecule has 18 heavy (non-hydrogen) atoms. The first-order chi connectivity index (χ1) is 8.61. The van der Waals surface area contributed by atoms with E-state index in [9.17, 15) is 5.11 Å². The van der Waals surface area contributed by atoms with Crippen LogP contribution in [0.2, 0.25) is 0 Å². The molecule has 2 aromatic rings. The van der Waals surface area contributed by atoms with E-state index in [1.54, 1.807) is 10.9 Å². The highest BCUT2D eigenvalue weighted by atomic mass is 16.3. The summed E-state index contributed by atoms with van der Waals surface area (Å²) < 4.78 is 3.82. The van der Waals surface area contributed by atoms with Gasteiger partial charge in [0.1, 0.15) is 5.82 Å². The van der Waals surface area contributed by atoms with E-state index in [4.69, 9.17) is 0 Å². The predicted octanol–water partition coefficient (Wildman–Crippen LogP) is 1.61. The smallest absolute Gasteiger partial charge is 0.111 e. The Morgan fingerprint density at radius 3 is 2.83 bits per heavy atom. The number of aliphatic hydroxyl groups excluding tert-OH is 1. The van der Waals surface area contributed by atoms with E-state index in [1.165, 1.54) is 0 Å². The van der Waals surface area contributed by atoms with Crippen molar-refractivity contribution >= 4 is 0 Å². The largest absolute Gasteiger partial charge is 0.388 e. The van der Waals surface area contributed by atoms with Crippen molar-refractivity contribution in [3.63, 3.8) is 0 Å². The third kappa shape index (κ3) is 2.61. The van der Waals surface area contributed by atoms with Crippen LogP contribution in [0.15, 0.2) is 18.6 Å². The average molecular weight is 248 g/mol. The van der Waals surface area contributed by atoms with Gasteiger partial charge < -0.3 is 9.67 Å².